The second-order valence-corrected chi connectivity index (χ2v) is 9.27. The van der Waals surface area contributed by atoms with Crippen molar-refractivity contribution in [3.8, 4) is 11.5 Å². The molecule has 0 fully saturated rings. The fourth-order valence-corrected chi connectivity index (χ4v) is 4.59. The second-order valence-electron chi connectivity index (χ2n) is 7.00. The zero-order chi connectivity index (χ0) is 21.3. The number of aliphatic imine (C=N–C) groups is 1. The Balaban J connectivity index is 1.83. The summed E-state index contributed by atoms with van der Waals surface area (Å²) in [5.41, 5.74) is 3.61. The maximum absolute atomic E-state index is 10.5. The zero-order valence-electron chi connectivity index (χ0n) is 16.1. The largest absolute Gasteiger partial charge is 0.508 e. The third kappa shape index (κ3) is 4.57. The molecule has 7 heteroatoms. The van der Waals surface area contributed by atoms with E-state index in [4.69, 9.17) is 21.3 Å². The molecule has 30 heavy (non-hydrogen) atoms. The molecule has 0 bridgehead atoms. The molecular weight excluding hydrogens is 532 g/mol. The molecule has 154 valence electrons. The van der Waals surface area contributed by atoms with E-state index >= 15 is 0 Å². The number of methoxy groups -OCH3 is 1. The molecule has 0 radical (unpaired) electrons. The number of benzene rings is 3. The van der Waals surface area contributed by atoms with Gasteiger partial charge in [0.2, 0.25) is 0 Å². The molecule has 0 amide bonds. The Morgan fingerprint density at radius 1 is 1.03 bits per heavy atom. The van der Waals surface area contributed by atoms with Crippen molar-refractivity contribution in [3.05, 3.63) is 91.3 Å². The molecule has 0 aromatic heterocycles. The van der Waals surface area contributed by atoms with Gasteiger partial charge in [-0.3, -0.25) is 10.3 Å². The first-order valence-corrected chi connectivity index (χ1v) is 11.3. The number of ether oxygens (including phenoxy) is 1. The maximum Gasteiger partial charge on any atom is 0.130 e. The van der Waals surface area contributed by atoms with Crippen LogP contribution in [0.1, 0.15) is 35.3 Å². The van der Waals surface area contributed by atoms with Crippen molar-refractivity contribution in [2.24, 2.45) is 4.99 Å². The van der Waals surface area contributed by atoms with E-state index in [1.165, 1.54) is 0 Å². The molecule has 3 aromatic carbocycles. The highest BCUT2D eigenvalue weighted by atomic mass is 79.9. The van der Waals surface area contributed by atoms with E-state index in [2.05, 4.69) is 37.2 Å². The van der Waals surface area contributed by atoms with Crippen molar-refractivity contribution in [1.82, 2.24) is 5.32 Å². The average Bonchev–Trinajstić information content (AvgIpc) is 2.75. The van der Waals surface area contributed by atoms with Crippen molar-refractivity contribution < 1.29 is 9.84 Å². The van der Waals surface area contributed by atoms with Crippen LogP contribution in [-0.4, -0.2) is 17.9 Å². The average molecular weight is 551 g/mol. The van der Waals surface area contributed by atoms with Gasteiger partial charge in [0.25, 0.3) is 0 Å². The van der Waals surface area contributed by atoms with Crippen LogP contribution in [-0.2, 0) is 0 Å². The van der Waals surface area contributed by atoms with E-state index in [-0.39, 0.29) is 18.0 Å². The molecule has 0 saturated heterocycles. The minimum absolute atomic E-state index is 0.177. The monoisotopic (exact) mass is 548 g/mol. The summed E-state index contributed by atoms with van der Waals surface area (Å²) in [7, 11) is 1.65. The highest BCUT2D eigenvalue weighted by Gasteiger charge is 2.29. The predicted octanol–water partition coefficient (Wildman–Crippen LogP) is 6.80. The van der Waals surface area contributed by atoms with E-state index in [9.17, 15) is 5.11 Å². The summed E-state index contributed by atoms with van der Waals surface area (Å²) in [6, 6.07) is 18.8. The van der Waals surface area contributed by atoms with Gasteiger partial charge >= 0.3 is 0 Å². The van der Waals surface area contributed by atoms with Crippen molar-refractivity contribution in [3.63, 3.8) is 0 Å². The first-order chi connectivity index (χ1) is 14.4. The summed E-state index contributed by atoms with van der Waals surface area (Å²) in [5.74, 6) is 0.941. The van der Waals surface area contributed by atoms with Crippen LogP contribution in [0.4, 0.5) is 0 Å². The lowest BCUT2D eigenvalue weighted by Crippen LogP contribution is -2.33. The molecular formula is C23H19Br2ClN2O2. The van der Waals surface area contributed by atoms with Gasteiger partial charge in [0.1, 0.15) is 17.7 Å². The van der Waals surface area contributed by atoms with Crippen molar-refractivity contribution >= 4 is 49.2 Å². The second kappa shape index (κ2) is 9.10. The lowest BCUT2D eigenvalue weighted by molar-refractivity contribution is 0.381. The van der Waals surface area contributed by atoms with Crippen LogP contribution >= 0.6 is 43.5 Å². The van der Waals surface area contributed by atoms with Crippen LogP contribution in [0.25, 0.3) is 0 Å². The molecule has 1 aliphatic rings. The number of nitrogens with one attached hydrogen (secondary N) is 1. The number of rotatable bonds is 4. The zero-order valence-corrected chi connectivity index (χ0v) is 20.0. The van der Waals surface area contributed by atoms with Gasteiger partial charge in [-0.1, -0.05) is 55.6 Å². The summed E-state index contributed by atoms with van der Waals surface area (Å²) in [6.07, 6.45) is 0.250. The Morgan fingerprint density at radius 2 is 1.83 bits per heavy atom. The van der Waals surface area contributed by atoms with Crippen molar-refractivity contribution in [2.75, 3.05) is 7.11 Å². The van der Waals surface area contributed by atoms with Crippen LogP contribution in [0.2, 0.25) is 5.02 Å². The number of halogens is 3. The van der Waals surface area contributed by atoms with Crippen molar-refractivity contribution in [1.29, 1.82) is 0 Å². The molecule has 4 rings (SSSR count). The van der Waals surface area contributed by atoms with E-state index < -0.39 is 0 Å². The van der Waals surface area contributed by atoms with E-state index in [0.717, 1.165) is 37.1 Å². The van der Waals surface area contributed by atoms with Gasteiger partial charge in [-0.2, -0.15) is 0 Å². The molecule has 3 aromatic rings. The Kier molecular flexibility index (Phi) is 6.48. The van der Waals surface area contributed by atoms with Gasteiger partial charge in [-0.25, -0.2) is 0 Å². The van der Waals surface area contributed by atoms with Gasteiger partial charge in [0.05, 0.1) is 7.11 Å². The summed E-state index contributed by atoms with van der Waals surface area (Å²) in [4.78, 5) is 5.01. The van der Waals surface area contributed by atoms with Crippen LogP contribution in [0.3, 0.4) is 0 Å². The highest BCUT2D eigenvalue weighted by Crippen LogP contribution is 2.38. The smallest absolute Gasteiger partial charge is 0.130 e. The van der Waals surface area contributed by atoms with Crippen molar-refractivity contribution in [2.45, 2.75) is 18.6 Å². The molecule has 2 N–H and O–H groups in total. The van der Waals surface area contributed by atoms with Crippen LogP contribution in [0, 0.1) is 0 Å². The van der Waals surface area contributed by atoms with Crippen LogP contribution in [0.5, 0.6) is 11.5 Å². The fraction of sp³-hybridized carbons (Fsp3) is 0.174. The van der Waals surface area contributed by atoms with Crippen LogP contribution in [0.15, 0.2) is 74.6 Å². The Hall–Kier alpha value is -1.86. The van der Waals surface area contributed by atoms with Gasteiger partial charge < -0.3 is 9.84 Å². The number of phenols is 1. The van der Waals surface area contributed by atoms with Gasteiger partial charge in [0.15, 0.2) is 0 Å². The summed E-state index contributed by atoms with van der Waals surface area (Å²) >= 11 is 13.3. The summed E-state index contributed by atoms with van der Waals surface area (Å²) < 4.78 is 7.51. The minimum atomic E-state index is -0.358. The lowest BCUT2D eigenvalue weighted by atomic mass is 9.93. The van der Waals surface area contributed by atoms with E-state index in [1.54, 1.807) is 25.3 Å². The quantitative estimate of drug-likeness (QED) is 0.376. The Labute approximate surface area is 197 Å². The molecule has 0 aliphatic carbocycles. The third-order valence-electron chi connectivity index (χ3n) is 5.05. The third-order valence-corrected chi connectivity index (χ3v) is 6.27. The molecule has 1 aliphatic heterocycles. The molecule has 0 saturated carbocycles. The minimum Gasteiger partial charge on any atom is -0.508 e. The lowest BCUT2D eigenvalue weighted by Gasteiger charge is -2.31. The first-order valence-electron chi connectivity index (χ1n) is 9.35. The highest BCUT2D eigenvalue weighted by molar-refractivity contribution is 9.10. The Bertz CT molecular complexity index is 1120. The van der Waals surface area contributed by atoms with Gasteiger partial charge in [-0.05, 0) is 54.1 Å². The topological polar surface area (TPSA) is 53.9 Å². The van der Waals surface area contributed by atoms with E-state index in [1.807, 2.05) is 42.5 Å². The number of aromatic hydroxyl groups is 1. The van der Waals surface area contributed by atoms with Gasteiger partial charge in [-0.15, -0.1) is 0 Å². The standard InChI is InChI=1S/C23H19Br2ClN2O2/c1-30-22-8-5-15(25)10-18(22)23-27-19(13-3-2-4-14(24)9-13)12-20(28-23)17-11-16(26)6-7-21(17)29/h2-11,20,23,28-29H,12H2,1H3. The summed E-state index contributed by atoms with van der Waals surface area (Å²) in [6.45, 7) is 0. The number of phenolic OH excluding ortho intramolecular Hbond substituents is 1. The molecule has 4 nitrogen and oxygen atoms in total. The molecule has 2 atom stereocenters. The van der Waals surface area contributed by atoms with E-state index in [0.29, 0.717) is 11.4 Å². The normalized spacial score (nSPS) is 18.7. The number of hydrogen-bond donors (Lipinski definition) is 2. The van der Waals surface area contributed by atoms with Crippen LogP contribution < -0.4 is 10.1 Å². The SMILES string of the molecule is COc1ccc(Br)cc1C1N=C(c2cccc(Br)c2)CC(c2cc(Cl)ccc2O)N1. The Morgan fingerprint density at radius 3 is 2.60 bits per heavy atom. The predicted molar refractivity (Wildman–Crippen MR) is 128 cm³/mol. The summed E-state index contributed by atoms with van der Waals surface area (Å²) in [5, 5.41) is 14.6. The first kappa shape index (κ1) is 21.4. The molecule has 1 heterocycles. The maximum atomic E-state index is 10.5. The number of hydrogen-bond acceptors (Lipinski definition) is 4. The molecule has 2 unspecified atom stereocenters. The molecule has 0 spiro atoms. The number of nitrogens with zero attached hydrogens (tertiary/aromatic N) is 1. The van der Waals surface area contributed by atoms with Gasteiger partial charge in [0, 0.05) is 43.3 Å². The fourth-order valence-electron chi connectivity index (χ4n) is 3.63.